The number of ether oxygens (including phenoxy) is 2. The molecule has 2 fully saturated rings. The number of nitrogens with zero attached hydrogens (tertiary/aromatic N) is 1. The molecule has 0 aliphatic heterocycles. The van der Waals surface area contributed by atoms with E-state index in [1.165, 1.54) is 41.5 Å². The number of nitrogens with two attached hydrogens (primary N) is 1. The molecule has 5 aliphatic rings. The third kappa shape index (κ3) is 6.43. The van der Waals surface area contributed by atoms with Gasteiger partial charge in [0.15, 0.2) is 0 Å². The number of hydrogen-bond acceptors (Lipinski definition) is 7. The Bertz CT molecular complexity index is 1720. The maximum Gasteiger partial charge on any atom is 0.385 e. The highest BCUT2D eigenvalue weighted by Gasteiger charge is 2.82. The monoisotopic (exact) mass is 664 g/mol. The number of rotatable bonds is 5. The van der Waals surface area contributed by atoms with Crippen LogP contribution in [-0.2, 0) is 38.3 Å². The topological polar surface area (TPSA) is 122 Å². The van der Waals surface area contributed by atoms with Crippen molar-refractivity contribution in [2.24, 2.45) is 17.6 Å². The van der Waals surface area contributed by atoms with Gasteiger partial charge in [0.25, 0.3) is 0 Å². The van der Waals surface area contributed by atoms with Gasteiger partial charge in [0.05, 0.1) is 25.0 Å². The molecule has 0 heterocycles. The fourth-order valence-electron chi connectivity index (χ4n) is 8.73. The van der Waals surface area contributed by atoms with E-state index in [0.717, 1.165) is 43.2 Å². The minimum atomic E-state index is -1.55. The smallest absolute Gasteiger partial charge is 0.385 e. The van der Waals surface area contributed by atoms with Crippen LogP contribution in [0.4, 0.5) is 0 Å². The molecule has 8 nitrogen and oxygen atoms in total. The number of aryl methyl sites for hydroxylation is 3. The Kier molecular flexibility index (Phi) is 10.3. The standard InChI is InChI=1S/C15H17NO4.C15H19NO2.C11H12/c1-2-20-14(17)15(16(18)19)12-9-5-7-10-6-3-4-8-11(10)13(12)15;1-2-18-14(17)15(16)12-9-5-7-10-6-3-4-8-11(10)13(12)15;1-2-6-10-8-4-5-9-11(10)7-3-1/h3-4,6,8,12-13H,2,5,7,9H2,1H3;3-4,6,8,12-13H,2,5,7,9,16H2,1H3;2,4-6,8-9H,1,3,7H2. The minimum Gasteiger partial charge on any atom is -0.465 e. The Labute approximate surface area is 289 Å². The summed E-state index contributed by atoms with van der Waals surface area (Å²) in [6.07, 6.45) is 14.0. The first-order valence-electron chi connectivity index (χ1n) is 18.0. The van der Waals surface area contributed by atoms with Crippen LogP contribution in [0.2, 0.25) is 0 Å². The van der Waals surface area contributed by atoms with E-state index in [0.29, 0.717) is 13.0 Å². The van der Waals surface area contributed by atoms with Crippen molar-refractivity contribution in [3.05, 3.63) is 122 Å². The molecule has 0 bridgehead atoms. The molecule has 0 saturated heterocycles. The van der Waals surface area contributed by atoms with E-state index < -0.39 is 22.0 Å². The first-order chi connectivity index (χ1) is 23.8. The zero-order chi connectivity index (χ0) is 34.6. The van der Waals surface area contributed by atoms with Gasteiger partial charge < -0.3 is 15.2 Å². The summed E-state index contributed by atoms with van der Waals surface area (Å²) in [5.41, 5.74) is 11.6. The normalized spacial score (nSPS) is 28.1. The Morgan fingerprint density at radius 3 is 1.92 bits per heavy atom. The van der Waals surface area contributed by atoms with Gasteiger partial charge in [0, 0.05) is 10.8 Å². The molecule has 3 aromatic rings. The summed E-state index contributed by atoms with van der Waals surface area (Å²) in [6, 6.07) is 24.8. The Hall–Kier alpha value is -4.30. The number of esters is 2. The van der Waals surface area contributed by atoms with Crippen LogP contribution >= 0.6 is 0 Å². The predicted molar refractivity (Wildman–Crippen MR) is 190 cm³/mol. The number of allylic oxidation sites excluding steroid dienone is 1. The molecule has 8 heteroatoms. The maximum atomic E-state index is 12.2. The molecule has 3 aromatic carbocycles. The Morgan fingerprint density at radius 2 is 1.29 bits per heavy atom. The average molecular weight is 665 g/mol. The summed E-state index contributed by atoms with van der Waals surface area (Å²) >= 11 is 0. The van der Waals surface area contributed by atoms with Crippen LogP contribution in [0, 0.1) is 22.0 Å². The lowest BCUT2D eigenvalue weighted by molar-refractivity contribution is -0.530. The predicted octanol–water partition coefficient (Wildman–Crippen LogP) is 7.35. The van der Waals surface area contributed by atoms with Crippen LogP contribution in [0.25, 0.3) is 6.08 Å². The highest BCUT2D eigenvalue weighted by Crippen LogP contribution is 2.64. The lowest BCUT2D eigenvalue weighted by Crippen LogP contribution is -2.39. The third-order valence-corrected chi connectivity index (χ3v) is 11.2. The molecule has 0 amide bonds. The minimum absolute atomic E-state index is 0.162. The zero-order valence-corrected chi connectivity index (χ0v) is 28.6. The summed E-state index contributed by atoms with van der Waals surface area (Å²) in [5.74, 6) is -1.01. The van der Waals surface area contributed by atoms with E-state index in [9.17, 15) is 19.7 Å². The van der Waals surface area contributed by atoms with Crippen molar-refractivity contribution >= 4 is 18.0 Å². The Balaban J connectivity index is 0.000000133. The lowest BCUT2D eigenvalue weighted by atomic mass is 9.97. The van der Waals surface area contributed by atoms with Gasteiger partial charge in [-0.1, -0.05) is 84.9 Å². The van der Waals surface area contributed by atoms with E-state index in [-0.39, 0.29) is 36.2 Å². The molecule has 8 rings (SSSR count). The van der Waals surface area contributed by atoms with Crippen LogP contribution in [0.15, 0.2) is 78.9 Å². The van der Waals surface area contributed by atoms with Gasteiger partial charge in [-0.05, 0) is 111 Å². The third-order valence-electron chi connectivity index (χ3n) is 11.2. The second-order valence-electron chi connectivity index (χ2n) is 13.8. The number of benzene rings is 3. The SMILES string of the molecule is C1=Cc2ccccc2CCC1.CCOC(=O)C1(N)C2CCCc3ccccc3C21.CCOC(=O)C1([N+](=O)[O-])C2CCCc3ccccc3C21. The van der Waals surface area contributed by atoms with Gasteiger partial charge in [-0.2, -0.15) is 0 Å². The van der Waals surface area contributed by atoms with Crippen LogP contribution in [0.3, 0.4) is 0 Å². The van der Waals surface area contributed by atoms with Crippen LogP contribution in [0.5, 0.6) is 0 Å². The fraction of sp³-hybridized carbons (Fsp3) is 0.463. The van der Waals surface area contributed by atoms with Crippen LogP contribution in [-0.4, -0.2) is 41.2 Å². The molecular weight excluding hydrogens is 616 g/mol. The number of fused-ring (bicyclic) bond motifs is 7. The van der Waals surface area contributed by atoms with Gasteiger partial charge >= 0.3 is 17.5 Å². The fourth-order valence-corrected chi connectivity index (χ4v) is 8.73. The van der Waals surface area contributed by atoms with Crippen molar-refractivity contribution < 1.29 is 24.0 Å². The van der Waals surface area contributed by atoms with Gasteiger partial charge in [-0.3, -0.25) is 14.9 Å². The second-order valence-corrected chi connectivity index (χ2v) is 13.8. The van der Waals surface area contributed by atoms with Crippen molar-refractivity contribution in [1.82, 2.24) is 0 Å². The number of carbonyl (C=O) groups excluding carboxylic acids is 2. The van der Waals surface area contributed by atoms with E-state index >= 15 is 0 Å². The largest absolute Gasteiger partial charge is 0.465 e. The quantitative estimate of drug-likeness (QED) is 0.172. The van der Waals surface area contributed by atoms with Crippen LogP contribution in [0.1, 0.15) is 97.6 Å². The molecule has 6 atom stereocenters. The first kappa shape index (κ1) is 34.6. The van der Waals surface area contributed by atoms with E-state index in [1.54, 1.807) is 6.92 Å². The lowest BCUT2D eigenvalue weighted by Gasteiger charge is -2.14. The molecule has 6 unspecified atom stereocenters. The summed E-state index contributed by atoms with van der Waals surface area (Å²) in [7, 11) is 0. The van der Waals surface area contributed by atoms with Gasteiger partial charge in [-0.15, -0.1) is 0 Å². The molecule has 2 N–H and O–H groups in total. The highest BCUT2D eigenvalue weighted by atomic mass is 16.6. The number of carbonyl (C=O) groups is 2. The van der Waals surface area contributed by atoms with Crippen LogP contribution < -0.4 is 5.73 Å². The molecule has 2 saturated carbocycles. The highest BCUT2D eigenvalue weighted by molar-refractivity contribution is 5.88. The van der Waals surface area contributed by atoms with E-state index in [1.807, 2.05) is 37.3 Å². The maximum absolute atomic E-state index is 12.2. The Morgan fingerprint density at radius 1 is 0.755 bits per heavy atom. The van der Waals surface area contributed by atoms with Crippen molar-refractivity contribution in [3.8, 4) is 0 Å². The first-order valence-corrected chi connectivity index (χ1v) is 18.0. The number of nitro groups is 1. The van der Waals surface area contributed by atoms with Crippen molar-refractivity contribution in [2.45, 2.75) is 94.5 Å². The van der Waals surface area contributed by atoms with Gasteiger partial charge in [-0.25, -0.2) is 4.79 Å². The van der Waals surface area contributed by atoms with E-state index in [2.05, 4.69) is 54.6 Å². The molecule has 49 heavy (non-hydrogen) atoms. The molecule has 0 spiro atoms. The summed E-state index contributed by atoms with van der Waals surface area (Å²) in [5, 5.41) is 11.6. The molecule has 0 aromatic heterocycles. The zero-order valence-electron chi connectivity index (χ0n) is 28.6. The number of hydrogen-bond donors (Lipinski definition) is 1. The molecular formula is C41H48N2O6. The average Bonchev–Trinajstić information content (AvgIpc) is 3.99. The van der Waals surface area contributed by atoms with Gasteiger partial charge in [0.2, 0.25) is 0 Å². The van der Waals surface area contributed by atoms with Crippen molar-refractivity contribution in [1.29, 1.82) is 0 Å². The summed E-state index contributed by atoms with van der Waals surface area (Å²) in [4.78, 5) is 35.4. The van der Waals surface area contributed by atoms with E-state index in [4.69, 9.17) is 15.2 Å². The molecule has 0 radical (unpaired) electrons. The summed E-state index contributed by atoms with van der Waals surface area (Å²) in [6.45, 7) is 4.08. The summed E-state index contributed by atoms with van der Waals surface area (Å²) < 4.78 is 10.2. The molecule has 258 valence electrons. The van der Waals surface area contributed by atoms with Crippen molar-refractivity contribution in [3.63, 3.8) is 0 Å². The molecule has 5 aliphatic carbocycles. The van der Waals surface area contributed by atoms with Gasteiger partial charge in [0.1, 0.15) is 5.54 Å². The van der Waals surface area contributed by atoms with Crippen molar-refractivity contribution in [2.75, 3.05) is 13.2 Å². The second kappa shape index (κ2) is 14.7.